The Kier molecular flexibility index (Phi) is 9.48. The Hall–Kier alpha value is -3.32. The zero-order valence-electron chi connectivity index (χ0n) is 19.8. The van der Waals surface area contributed by atoms with Crippen molar-refractivity contribution < 1.29 is 33.3 Å². The normalized spacial score (nSPS) is 15.1. The van der Waals surface area contributed by atoms with Gasteiger partial charge in [0.05, 0.1) is 46.1 Å². The molecule has 0 N–H and O–H groups in total. The molecule has 0 aromatic carbocycles. The maximum atomic E-state index is 12.2. The molecular formula is C23H31N3O7. The lowest BCUT2D eigenvalue weighted by Gasteiger charge is -2.40. The van der Waals surface area contributed by atoms with E-state index >= 15 is 0 Å². The fourth-order valence-corrected chi connectivity index (χ4v) is 2.85. The van der Waals surface area contributed by atoms with Crippen molar-refractivity contribution in [2.24, 2.45) is 0 Å². The van der Waals surface area contributed by atoms with Gasteiger partial charge < -0.3 is 23.8 Å². The second kappa shape index (κ2) is 12.1. The maximum Gasteiger partial charge on any atom is 0.410 e. The van der Waals surface area contributed by atoms with Gasteiger partial charge in [-0.1, -0.05) is 11.8 Å². The Morgan fingerprint density at radius 2 is 1.82 bits per heavy atom. The lowest BCUT2D eigenvalue weighted by Crippen LogP contribution is -2.55. The van der Waals surface area contributed by atoms with E-state index in [1.54, 1.807) is 23.4 Å². The van der Waals surface area contributed by atoms with Crippen LogP contribution in [-0.2, 0) is 23.8 Å². The number of nitrogens with zero attached hydrogens (tertiary/aromatic N) is 3. The number of hydrogen-bond acceptors (Lipinski definition) is 9. The molecule has 2 rings (SSSR count). The average molecular weight is 462 g/mol. The third-order valence-corrected chi connectivity index (χ3v) is 4.62. The van der Waals surface area contributed by atoms with Crippen LogP contribution in [0.25, 0.3) is 0 Å². The number of hydrogen-bond donors (Lipinski definition) is 0. The van der Waals surface area contributed by atoms with Crippen LogP contribution in [0, 0.1) is 11.8 Å². The minimum absolute atomic E-state index is 0.0557. The van der Waals surface area contributed by atoms with Crippen LogP contribution in [0.1, 0.15) is 32.8 Å². The van der Waals surface area contributed by atoms with E-state index in [0.29, 0.717) is 24.5 Å². The van der Waals surface area contributed by atoms with Crippen LogP contribution in [0.4, 0.5) is 4.79 Å². The first-order valence-corrected chi connectivity index (χ1v) is 10.5. The van der Waals surface area contributed by atoms with Gasteiger partial charge in [0.15, 0.2) is 0 Å². The fourth-order valence-electron chi connectivity index (χ4n) is 2.85. The molecular weight excluding hydrogens is 430 g/mol. The van der Waals surface area contributed by atoms with Crippen molar-refractivity contribution in [2.75, 3.05) is 47.0 Å². The lowest BCUT2D eigenvalue weighted by molar-refractivity contribution is -0.145. The van der Waals surface area contributed by atoms with Crippen LogP contribution >= 0.6 is 0 Å². The molecule has 1 fully saturated rings. The van der Waals surface area contributed by atoms with Gasteiger partial charge in [-0.15, -0.1) is 0 Å². The number of esters is 2. The third-order valence-electron chi connectivity index (χ3n) is 4.62. The van der Waals surface area contributed by atoms with E-state index in [2.05, 4.69) is 26.3 Å². The molecule has 2 heterocycles. The smallest absolute Gasteiger partial charge is 0.410 e. The zero-order valence-corrected chi connectivity index (χ0v) is 19.8. The van der Waals surface area contributed by atoms with E-state index in [1.807, 2.05) is 20.8 Å². The summed E-state index contributed by atoms with van der Waals surface area (Å²) >= 11 is 0. The van der Waals surface area contributed by atoms with Gasteiger partial charge in [-0.05, 0) is 33.3 Å². The van der Waals surface area contributed by atoms with Crippen molar-refractivity contribution in [1.82, 2.24) is 14.8 Å². The Morgan fingerprint density at radius 3 is 2.36 bits per heavy atom. The van der Waals surface area contributed by atoms with Crippen LogP contribution in [0.15, 0.2) is 18.5 Å². The summed E-state index contributed by atoms with van der Waals surface area (Å²) in [4.78, 5) is 42.6. The highest BCUT2D eigenvalue weighted by Gasteiger charge is 2.35. The molecule has 1 aliphatic rings. The summed E-state index contributed by atoms with van der Waals surface area (Å²) in [7, 11) is 2.55. The highest BCUT2D eigenvalue weighted by molar-refractivity contribution is 5.75. The summed E-state index contributed by atoms with van der Waals surface area (Å²) in [5.41, 5.74) is 0.0688. The number of carbonyl (C=O) groups excluding carboxylic acids is 3. The molecule has 0 spiro atoms. The molecule has 0 bridgehead atoms. The molecule has 1 atom stereocenters. The first kappa shape index (κ1) is 25.9. The number of methoxy groups -OCH3 is 2. The predicted molar refractivity (Wildman–Crippen MR) is 118 cm³/mol. The SMILES string of the molecule is COC(=O)CN(CC#Cc1cncc(OC[C@@H]2CCN2C(=O)OC(C)(C)C)c1)CC(=O)OC. The number of likely N-dealkylation sites (tertiary alicyclic amines) is 1. The van der Waals surface area contributed by atoms with Gasteiger partial charge in [-0.3, -0.25) is 19.5 Å². The highest BCUT2D eigenvalue weighted by Crippen LogP contribution is 2.22. The van der Waals surface area contributed by atoms with Crippen LogP contribution in [0.3, 0.4) is 0 Å². The van der Waals surface area contributed by atoms with E-state index in [0.717, 1.165) is 6.42 Å². The summed E-state index contributed by atoms with van der Waals surface area (Å²) in [6, 6.07) is 1.68. The minimum atomic E-state index is -0.543. The number of pyridine rings is 1. The summed E-state index contributed by atoms with van der Waals surface area (Å²) in [6.07, 6.45) is 3.65. The van der Waals surface area contributed by atoms with E-state index < -0.39 is 17.5 Å². The lowest BCUT2D eigenvalue weighted by atomic mass is 10.1. The first-order chi connectivity index (χ1) is 15.6. The quantitative estimate of drug-likeness (QED) is 0.323. The number of ether oxygens (including phenoxy) is 4. The van der Waals surface area contributed by atoms with Crippen molar-refractivity contribution in [1.29, 1.82) is 0 Å². The Bertz CT molecular complexity index is 883. The van der Waals surface area contributed by atoms with Crippen molar-refractivity contribution in [3.8, 4) is 17.6 Å². The molecule has 1 aliphatic heterocycles. The summed E-state index contributed by atoms with van der Waals surface area (Å²) < 4.78 is 20.5. The predicted octanol–water partition coefficient (Wildman–Crippen LogP) is 1.47. The van der Waals surface area contributed by atoms with E-state index in [1.165, 1.54) is 19.1 Å². The molecule has 1 aromatic heterocycles. The highest BCUT2D eigenvalue weighted by atomic mass is 16.6. The van der Waals surface area contributed by atoms with Gasteiger partial charge in [0.1, 0.15) is 18.0 Å². The van der Waals surface area contributed by atoms with Crippen molar-refractivity contribution >= 4 is 18.0 Å². The molecule has 0 aliphatic carbocycles. The topological polar surface area (TPSA) is 108 Å². The Labute approximate surface area is 194 Å². The van der Waals surface area contributed by atoms with Crippen LogP contribution in [-0.4, -0.2) is 91.5 Å². The molecule has 10 heteroatoms. The van der Waals surface area contributed by atoms with Crippen LogP contribution in [0.5, 0.6) is 5.75 Å². The maximum absolute atomic E-state index is 12.2. The molecule has 0 radical (unpaired) electrons. The fraction of sp³-hybridized carbons (Fsp3) is 0.565. The molecule has 33 heavy (non-hydrogen) atoms. The Morgan fingerprint density at radius 1 is 1.15 bits per heavy atom. The summed E-state index contributed by atoms with van der Waals surface area (Å²) in [6.45, 7) is 6.44. The van der Waals surface area contributed by atoms with Gasteiger partial charge in [0, 0.05) is 18.3 Å². The minimum Gasteiger partial charge on any atom is -0.490 e. The molecule has 1 saturated heterocycles. The second-order valence-electron chi connectivity index (χ2n) is 8.44. The van der Waals surface area contributed by atoms with E-state index in [9.17, 15) is 14.4 Å². The zero-order chi connectivity index (χ0) is 24.4. The van der Waals surface area contributed by atoms with E-state index in [-0.39, 0.29) is 31.8 Å². The number of aromatic nitrogens is 1. The molecule has 0 unspecified atom stereocenters. The molecule has 1 amide bonds. The number of amides is 1. The average Bonchev–Trinajstić information content (AvgIpc) is 2.71. The largest absolute Gasteiger partial charge is 0.490 e. The molecule has 1 aromatic rings. The van der Waals surface area contributed by atoms with Gasteiger partial charge >= 0.3 is 18.0 Å². The molecule has 0 saturated carbocycles. The standard InChI is InChI=1S/C23H31N3O7/c1-23(2,3)33-22(29)26-10-8-18(26)16-32-19-11-17(12-24-13-19)7-6-9-25(14-20(27)30-4)15-21(28)31-5/h11-13,18H,8-10,14-16H2,1-5H3/t18-/m0/s1. The molecule has 10 nitrogen and oxygen atoms in total. The van der Waals surface area contributed by atoms with Crippen LogP contribution in [0.2, 0.25) is 0 Å². The van der Waals surface area contributed by atoms with E-state index in [4.69, 9.17) is 9.47 Å². The molecule has 180 valence electrons. The summed E-state index contributed by atoms with van der Waals surface area (Å²) in [5.74, 6) is 5.43. The van der Waals surface area contributed by atoms with Crippen molar-refractivity contribution in [3.63, 3.8) is 0 Å². The Balaban J connectivity index is 1.91. The van der Waals surface area contributed by atoms with Gasteiger partial charge in [0.2, 0.25) is 0 Å². The first-order valence-electron chi connectivity index (χ1n) is 10.5. The van der Waals surface area contributed by atoms with Crippen LogP contribution < -0.4 is 4.74 Å². The van der Waals surface area contributed by atoms with Gasteiger partial charge in [0.25, 0.3) is 0 Å². The second-order valence-corrected chi connectivity index (χ2v) is 8.44. The van der Waals surface area contributed by atoms with Crippen molar-refractivity contribution in [2.45, 2.75) is 38.8 Å². The summed E-state index contributed by atoms with van der Waals surface area (Å²) in [5, 5.41) is 0. The third kappa shape index (κ3) is 8.98. The monoisotopic (exact) mass is 461 g/mol. The van der Waals surface area contributed by atoms with Gasteiger partial charge in [-0.2, -0.15) is 0 Å². The van der Waals surface area contributed by atoms with Crippen molar-refractivity contribution in [3.05, 3.63) is 24.0 Å². The number of carbonyl (C=O) groups is 3. The number of rotatable bonds is 8. The van der Waals surface area contributed by atoms with Gasteiger partial charge in [-0.25, -0.2) is 4.79 Å².